The number of benzene rings is 6. The minimum atomic E-state index is -6.24. The molecule has 582 valence electrons. The molecule has 0 amide bonds. The summed E-state index contributed by atoms with van der Waals surface area (Å²) >= 11 is -17.6. The van der Waals surface area contributed by atoms with Crippen LogP contribution in [0.1, 0.15) is 62.3 Å². The Morgan fingerprint density at radius 1 is 0.162 bits per heavy atom. The average Bonchev–Trinajstić information content (AvgIpc) is 0.641. The van der Waals surface area contributed by atoms with Gasteiger partial charge in [-0.15, -0.1) is 0 Å². The fraction of sp³-hybridized carbons (Fsp3) is 0.400. The molecule has 0 aromatic heterocycles. The Kier molecular flexibility index (Phi) is 19.5. The van der Waals surface area contributed by atoms with E-state index in [0.29, 0.717) is 0 Å². The molecule has 105 heavy (non-hydrogen) atoms. The third-order valence-corrected chi connectivity index (χ3v) is 39.9. The number of rotatable bonds is 6. The summed E-state index contributed by atoms with van der Waals surface area (Å²) in [5.41, 5.74) is -35.1. The Bertz CT molecular complexity index is 3300. The van der Waals surface area contributed by atoms with E-state index in [9.17, 15) is 158 Å². The maximum atomic E-state index is 14.0. The second kappa shape index (κ2) is 25.1. The molecule has 12 rings (SSSR count). The van der Waals surface area contributed by atoms with Crippen LogP contribution in [0.5, 0.6) is 0 Å². The monoisotopic (exact) mass is 1780 g/mol. The van der Waals surface area contributed by atoms with Crippen molar-refractivity contribution in [2.75, 3.05) is 0 Å². The van der Waals surface area contributed by atoms with Crippen LogP contribution < -0.4 is 0 Å². The summed E-state index contributed by atoms with van der Waals surface area (Å²) in [7, 11) is 0. The molecular formula is C60H36F36O6Se3. The van der Waals surface area contributed by atoms with Gasteiger partial charge in [0, 0.05) is 0 Å². The number of alkyl halides is 36. The molecule has 6 aromatic rings. The van der Waals surface area contributed by atoms with Crippen LogP contribution in [0.25, 0.3) is 0 Å². The van der Waals surface area contributed by atoms with Crippen LogP contribution in [0.4, 0.5) is 158 Å². The van der Waals surface area contributed by atoms with Crippen LogP contribution >= 0.6 is 0 Å². The number of hydrogen-bond donors (Lipinski definition) is 0. The van der Waals surface area contributed by atoms with Gasteiger partial charge in [0.05, 0.1) is 0 Å². The topological polar surface area (TPSA) is 55.4 Å². The van der Waals surface area contributed by atoms with Crippen molar-refractivity contribution in [1.82, 2.24) is 0 Å². The van der Waals surface area contributed by atoms with Gasteiger partial charge in [-0.3, -0.25) is 0 Å². The summed E-state index contributed by atoms with van der Waals surface area (Å²) in [4.78, 5) is -18.0. The molecule has 0 unspecified atom stereocenters. The molecule has 0 radical (unpaired) electrons. The predicted molar refractivity (Wildman–Crippen MR) is 288 cm³/mol. The van der Waals surface area contributed by atoms with E-state index in [4.69, 9.17) is 0 Å². The van der Waals surface area contributed by atoms with Crippen molar-refractivity contribution in [1.29, 1.82) is 0 Å². The SMILES string of the molecule is FC(F)(F)C1(C(F)(F)F)O[Se]2(OC(C(F)(F)F)(C(F)(F)F)[C@@H]2c2ccccc2)[C@H]1c1ccccc1.FC(F)(F)C1(C(F)(F)F)O[Se]2(OC(C(F)(F)F)(C(F)(F)F)[C@@H]2c2ccccc2)[C@H]1c1ccccc1.FC(F)(F)C1(C(F)(F)F)O[Se]2(OC(C(F)(F)F)(C(F)(F)F)[C@H]2c2ccccc2)[C@@H]1c1ccccc1. The first kappa shape index (κ1) is 81.6. The quantitative estimate of drug-likeness (QED) is 0.122. The molecule has 6 nitrogen and oxygen atoms in total. The van der Waals surface area contributed by atoms with Gasteiger partial charge in [0.15, 0.2) is 0 Å². The molecule has 0 N–H and O–H groups in total. The van der Waals surface area contributed by atoms with E-state index < -0.39 is 211 Å². The van der Waals surface area contributed by atoms with Gasteiger partial charge in [0.2, 0.25) is 0 Å². The zero-order valence-electron chi connectivity index (χ0n) is 50.1. The molecule has 0 aliphatic carbocycles. The van der Waals surface area contributed by atoms with Crippen molar-refractivity contribution < 1.29 is 181 Å². The Morgan fingerprint density at radius 2 is 0.248 bits per heavy atom. The summed E-state index contributed by atoms with van der Waals surface area (Å²) in [5.74, 6) is 0. The first-order chi connectivity index (χ1) is 47.6. The van der Waals surface area contributed by atoms with Crippen LogP contribution in [0, 0.1) is 0 Å². The molecule has 6 fully saturated rings. The molecule has 6 aliphatic rings. The van der Waals surface area contributed by atoms with Crippen LogP contribution in [-0.4, -0.2) is 148 Å². The third kappa shape index (κ3) is 11.4. The molecule has 6 atom stereocenters. The number of hydrogen-bond acceptors (Lipinski definition) is 6. The summed E-state index contributed by atoms with van der Waals surface area (Å²) in [6.07, 6.45) is -74.9. The molecule has 0 bridgehead atoms. The van der Waals surface area contributed by atoms with Crippen molar-refractivity contribution in [2.24, 2.45) is 0 Å². The fourth-order valence-corrected chi connectivity index (χ4v) is 41.2. The van der Waals surface area contributed by atoms with Gasteiger partial charge >= 0.3 is 573 Å². The summed E-state index contributed by atoms with van der Waals surface area (Å²) in [6.45, 7) is 0. The standard InChI is InChI=1S/3C20H12F12O2Se/c3*21-17(22,23)15(18(24,25)26)13(11-7-3-1-4-8-11)35(33-15)14(12-9-5-2-6-10-12)16(34-35,19(27,28)29)20(30,31)32/h3*1-10,13-14H/t3*13-,14-/m100/s1. The molecule has 45 heteroatoms. The first-order valence-electron chi connectivity index (χ1n) is 28.4. The van der Waals surface area contributed by atoms with Gasteiger partial charge in [-0.25, -0.2) is 0 Å². The number of halogens is 36. The second-order valence-corrected chi connectivity index (χ2v) is 38.8. The van der Waals surface area contributed by atoms with Crippen molar-refractivity contribution >= 4 is 40.5 Å². The van der Waals surface area contributed by atoms with Gasteiger partial charge in [0.1, 0.15) is 0 Å². The van der Waals surface area contributed by atoms with Crippen LogP contribution in [0.15, 0.2) is 182 Å². The maximum absolute atomic E-state index is 14.0. The first-order valence-corrected chi connectivity index (χ1v) is 38.5. The minimum absolute atomic E-state index is 0.755. The average molecular weight is 1770 g/mol. The van der Waals surface area contributed by atoms with Crippen LogP contribution in [0.2, 0.25) is 0 Å². The fourth-order valence-electron chi connectivity index (χ4n) is 13.3. The van der Waals surface area contributed by atoms with E-state index in [-0.39, 0.29) is 0 Å². The Morgan fingerprint density at radius 3 is 0.324 bits per heavy atom. The normalized spacial score (nSPS) is 26.5. The van der Waals surface area contributed by atoms with E-state index in [1.807, 2.05) is 0 Å². The Labute approximate surface area is 571 Å². The van der Waals surface area contributed by atoms with Crippen molar-refractivity contribution in [3.8, 4) is 0 Å². The third-order valence-electron chi connectivity index (χ3n) is 17.4. The van der Waals surface area contributed by atoms with Crippen molar-refractivity contribution in [3.63, 3.8) is 0 Å². The molecule has 6 saturated heterocycles. The van der Waals surface area contributed by atoms with Gasteiger partial charge < -0.3 is 0 Å². The van der Waals surface area contributed by atoms with Crippen molar-refractivity contribution in [3.05, 3.63) is 215 Å². The van der Waals surface area contributed by atoms with Gasteiger partial charge in [-0.05, 0) is 0 Å². The summed E-state index contributed by atoms with van der Waals surface area (Å²) < 4.78 is 529. The Balaban J connectivity index is 0.000000169. The van der Waals surface area contributed by atoms with E-state index >= 15 is 0 Å². The second-order valence-electron chi connectivity index (χ2n) is 23.4. The zero-order valence-corrected chi connectivity index (χ0v) is 55.2. The molecule has 3 spiro atoms. The van der Waals surface area contributed by atoms with Gasteiger partial charge in [0.25, 0.3) is 0 Å². The van der Waals surface area contributed by atoms with Crippen LogP contribution in [0.3, 0.4) is 0 Å². The van der Waals surface area contributed by atoms with E-state index in [2.05, 4.69) is 22.9 Å². The molecule has 0 saturated carbocycles. The summed E-state index contributed by atoms with van der Waals surface area (Å²) in [6, 6.07) is 28.4. The van der Waals surface area contributed by atoms with Crippen LogP contribution in [-0.2, 0) is 22.9 Å². The van der Waals surface area contributed by atoms with E-state index in [1.165, 1.54) is 36.4 Å². The van der Waals surface area contributed by atoms with E-state index in [0.717, 1.165) is 146 Å². The van der Waals surface area contributed by atoms with Gasteiger partial charge in [-0.2, -0.15) is 0 Å². The van der Waals surface area contributed by atoms with Gasteiger partial charge in [-0.1, -0.05) is 0 Å². The predicted octanol–water partition coefficient (Wildman–Crippen LogP) is 20.6. The van der Waals surface area contributed by atoms with E-state index in [1.54, 1.807) is 0 Å². The zero-order chi connectivity index (χ0) is 78.9. The summed E-state index contributed by atoms with van der Waals surface area (Å²) in [5, 5.41) is 0. The van der Waals surface area contributed by atoms with Crippen molar-refractivity contribution in [2.45, 2.75) is 137 Å². The Hall–Kier alpha value is -5.88. The molecule has 6 aliphatic heterocycles. The molecule has 6 heterocycles. The molecular weight excluding hydrogens is 1740 g/mol. The molecule has 6 aromatic carbocycles.